The second-order valence-corrected chi connectivity index (χ2v) is 9.34. The van der Waals surface area contributed by atoms with Crippen LogP contribution in [-0.4, -0.2) is 55.7 Å². The van der Waals surface area contributed by atoms with Crippen molar-refractivity contribution in [2.24, 2.45) is 4.99 Å². The van der Waals surface area contributed by atoms with Gasteiger partial charge in [0.05, 0.1) is 11.5 Å². The third-order valence-electron chi connectivity index (χ3n) is 6.30. The number of benzene rings is 1. The van der Waals surface area contributed by atoms with E-state index in [4.69, 9.17) is 4.99 Å². The molecule has 0 amide bonds. The fraction of sp³-hybridized carbons (Fsp3) is 0.542. The molecule has 2 aliphatic heterocycles. The Morgan fingerprint density at radius 2 is 1.93 bits per heavy atom. The number of rotatable bonds is 6. The summed E-state index contributed by atoms with van der Waals surface area (Å²) < 4.78 is 0. The Morgan fingerprint density at radius 1 is 1.13 bits per heavy atom. The van der Waals surface area contributed by atoms with Crippen LogP contribution in [0.1, 0.15) is 37.8 Å². The molecule has 6 heteroatoms. The Labute approximate surface area is 185 Å². The molecule has 0 spiro atoms. The molecule has 162 valence electrons. The molecule has 0 radical (unpaired) electrons. The van der Waals surface area contributed by atoms with Gasteiger partial charge in [0.15, 0.2) is 5.96 Å². The maximum Gasteiger partial charge on any atom is 0.191 e. The molecule has 0 bridgehead atoms. The summed E-state index contributed by atoms with van der Waals surface area (Å²) in [6.07, 6.45) is 3.45. The lowest BCUT2D eigenvalue weighted by Gasteiger charge is -2.34. The van der Waals surface area contributed by atoms with Gasteiger partial charge in [-0.05, 0) is 61.7 Å². The topological polar surface area (TPSA) is 42.9 Å². The summed E-state index contributed by atoms with van der Waals surface area (Å²) in [5.74, 6) is 0.969. The van der Waals surface area contributed by atoms with Crippen LogP contribution in [-0.2, 0) is 13.0 Å². The van der Waals surface area contributed by atoms with E-state index in [1.54, 1.807) is 0 Å². The number of guanidine groups is 1. The molecule has 1 saturated heterocycles. The summed E-state index contributed by atoms with van der Waals surface area (Å²) in [6, 6.07) is 14.2. The van der Waals surface area contributed by atoms with Gasteiger partial charge >= 0.3 is 0 Å². The number of aliphatic imine (C=N–C) groups is 1. The predicted octanol–water partition coefficient (Wildman–Crippen LogP) is 3.72. The number of fused-ring (bicyclic) bond motifs is 1. The van der Waals surface area contributed by atoms with Crippen molar-refractivity contribution in [1.82, 2.24) is 15.5 Å². The van der Waals surface area contributed by atoms with Gasteiger partial charge in [-0.15, -0.1) is 11.3 Å². The molecule has 30 heavy (non-hydrogen) atoms. The number of anilines is 1. The summed E-state index contributed by atoms with van der Waals surface area (Å²) in [5.41, 5.74) is 2.98. The van der Waals surface area contributed by atoms with Crippen molar-refractivity contribution in [3.8, 4) is 0 Å². The number of nitrogens with one attached hydrogen (secondary N) is 2. The molecule has 0 aliphatic carbocycles. The summed E-state index contributed by atoms with van der Waals surface area (Å²) in [7, 11) is 0. The van der Waals surface area contributed by atoms with E-state index >= 15 is 0 Å². The Morgan fingerprint density at radius 3 is 2.67 bits per heavy atom. The molecule has 2 aromatic rings. The molecule has 2 aliphatic rings. The van der Waals surface area contributed by atoms with E-state index in [1.807, 2.05) is 11.3 Å². The summed E-state index contributed by atoms with van der Waals surface area (Å²) in [4.78, 5) is 10.0. The van der Waals surface area contributed by atoms with Crippen molar-refractivity contribution >= 4 is 22.3 Å². The van der Waals surface area contributed by atoms with Crippen molar-refractivity contribution in [1.29, 1.82) is 0 Å². The first kappa shape index (κ1) is 21.2. The lowest BCUT2D eigenvalue weighted by molar-refractivity contribution is 0.195. The average Bonchev–Trinajstić information content (AvgIpc) is 3.32. The molecule has 2 N–H and O–H groups in total. The molecule has 1 atom stereocenters. The van der Waals surface area contributed by atoms with E-state index in [2.05, 4.69) is 76.1 Å². The molecular weight excluding hydrogens is 390 g/mol. The van der Waals surface area contributed by atoms with Crippen molar-refractivity contribution in [3.63, 3.8) is 0 Å². The second kappa shape index (κ2) is 10.3. The highest BCUT2D eigenvalue weighted by atomic mass is 32.1. The van der Waals surface area contributed by atoms with E-state index in [9.17, 15) is 0 Å². The van der Waals surface area contributed by atoms with Gasteiger partial charge in [0.2, 0.25) is 0 Å². The number of thiophene rings is 1. The van der Waals surface area contributed by atoms with Crippen molar-refractivity contribution in [2.75, 3.05) is 37.6 Å². The van der Waals surface area contributed by atoms with E-state index in [0.29, 0.717) is 12.1 Å². The summed E-state index contributed by atoms with van der Waals surface area (Å²) in [6.45, 7) is 10.6. The Bertz CT molecular complexity index is 811. The molecule has 1 unspecified atom stereocenters. The zero-order valence-corrected chi connectivity index (χ0v) is 19.1. The zero-order valence-electron chi connectivity index (χ0n) is 18.3. The molecule has 3 heterocycles. The first-order valence-corrected chi connectivity index (χ1v) is 12.2. The van der Waals surface area contributed by atoms with Gasteiger partial charge in [0.25, 0.3) is 0 Å². The zero-order chi connectivity index (χ0) is 20.8. The van der Waals surface area contributed by atoms with Crippen LogP contribution in [0.2, 0.25) is 0 Å². The molecule has 1 fully saturated rings. The standard InChI is InChI=1S/C24H35N5S/c1-3-25-24(27-22-11-14-28(15-12-22)23-9-6-16-30-23)26-17-19(2)29-13-10-20-7-4-5-8-21(20)18-29/h4-9,16,19,22H,3,10-15,17-18H2,1-2H3,(H2,25,26,27). The highest BCUT2D eigenvalue weighted by Gasteiger charge is 2.22. The minimum absolute atomic E-state index is 0.439. The molecule has 4 rings (SSSR count). The van der Waals surface area contributed by atoms with Crippen molar-refractivity contribution < 1.29 is 0 Å². The normalized spacial score (nSPS) is 19.4. The van der Waals surface area contributed by atoms with E-state index in [-0.39, 0.29) is 0 Å². The lowest BCUT2D eigenvalue weighted by atomic mass is 9.99. The summed E-state index contributed by atoms with van der Waals surface area (Å²) in [5, 5.41) is 10.7. The van der Waals surface area contributed by atoms with Crippen molar-refractivity contribution in [3.05, 3.63) is 52.9 Å². The smallest absolute Gasteiger partial charge is 0.191 e. The molecular formula is C24H35N5S. The SMILES string of the molecule is CCNC(=NCC(C)N1CCc2ccccc2C1)NC1CCN(c2cccs2)CC1. The van der Waals surface area contributed by atoms with Gasteiger partial charge in [0, 0.05) is 44.8 Å². The average molecular weight is 426 g/mol. The summed E-state index contributed by atoms with van der Waals surface area (Å²) >= 11 is 1.84. The van der Waals surface area contributed by atoms with Crippen LogP contribution in [0.3, 0.4) is 0 Å². The molecule has 1 aromatic heterocycles. The fourth-order valence-corrected chi connectivity index (χ4v) is 5.23. The molecule has 5 nitrogen and oxygen atoms in total. The van der Waals surface area contributed by atoms with E-state index < -0.39 is 0 Å². The third-order valence-corrected chi connectivity index (χ3v) is 7.22. The van der Waals surface area contributed by atoms with Crippen LogP contribution >= 0.6 is 11.3 Å². The lowest BCUT2D eigenvalue weighted by Crippen LogP contribution is -2.49. The number of nitrogens with zero attached hydrogens (tertiary/aromatic N) is 3. The van der Waals surface area contributed by atoms with Crippen LogP contribution in [0, 0.1) is 0 Å². The maximum atomic E-state index is 4.95. The fourth-order valence-electron chi connectivity index (χ4n) is 4.44. The Kier molecular flexibility index (Phi) is 7.28. The maximum absolute atomic E-state index is 4.95. The van der Waals surface area contributed by atoms with Crippen LogP contribution in [0.4, 0.5) is 5.00 Å². The van der Waals surface area contributed by atoms with Crippen LogP contribution in [0.5, 0.6) is 0 Å². The van der Waals surface area contributed by atoms with Crippen LogP contribution in [0.25, 0.3) is 0 Å². The predicted molar refractivity (Wildman–Crippen MR) is 129 cm³/mol. The minimum atomic E-state index is 0.439. The third kappa shape index (κ3) is 5.35. The van der Waals surface area contributed by atoms with Gasteiger partial charge in [-0.25, -0.2) is 0 Å². The highest BCUT2D eigenvalue weighted by molar-refractivity contribution is 7.14. The first-order chi connectivity index (χ1) is 14.7. The monoisotopic (exact) mass is 425 g/mol. The number of hydrogen-bond acceptors (Lipinski definition) is 4. The van der Waals surface area contributed by atoms with Gasteiger partial charge in [0.1, 0.15) is 0 Å². The van der Waals surface area contributed by atoms with Gasteiger partial charge in [-0.3, -0.25) is 9.89 Å². The van der Waals surface area contributed by atoms with E-state index in [1.165, 1.54) is 16.1 Å². The largest absolute Gasteiger partial charge is 0.363 e. The number of hydrogen-bond donors (Lipinski definition) is 2. The quantitative estimate of drug-likeness (QED) is 0.547. The van der Waals surface area contributed by atoms with Gasteiger partial charge < -0.3 is 15.5 Å². The van der Waals surface area contributed by atoms with Crippen LogP contribution in [0.15, 0.2) is 46.8 Å². The first-order valence-electron chi connectivity index (χ1n) is 11.4. The van der Waals surface area contributed by atoms with Crippen molar-refractivity contribution in [2.45, 2.75) is 51.7 Å². The number of piperidine rings is 1. The van der Waals surface area contributed by atoms with Gasteiger partial charge in [-0.1, -0.05) is 24.3 Å². The molecule has 1 aromatic carbocycles. The Balaban J connectivity index is 1.28. The molecule has 0 saturated carbocycles. The minimum Gasteiger partial charge on any atom is -0.363 e. The second-order valence-electron chi connectivity index (χ2n) is 8.41. The van der Waals surface area contributed by atoms with E-state index in [0.717, 1.165) is 64.5 Å². The highest BCUT2D eigenvalue weighted by Crippen LogP contribution is 2.25. The van der Waals surface area contributed by atoms with Crippen LogP contribution < -0.4 is 15.5 Å². The van der Waals surface area contributed by atoms with Gasteiger partial charge in [-0.2, -0.15) is 0 Å². The Hall–Kier alpha value is -2.05.